The van der Waals surface area contributed by atoms with Gasteiger partial charge in [-0.25, -0.2) is 22.5 Å². The van der Waals surface area contributed by atoms with Crippen molar-refractivity contribution in [2.45, 2.75) is 31.2 Å². The maximum Gasteiger partial charge on any atom is 0.257 e. The molecule has 0 aliphatic carbocycles. The van der Waals surface area contributed by atoms with E-state index in [0.29, 0.717) is 11.6 Å². The minimum absolute atomic E-state index is 0.0229. The van der Waals surface area contributed by atoms with Crippen molar-refractivity contribution in [1.82, 2.24) is 14.9 Å². The third kappa shape index (κ3) is 5.33. The number of rotatable bonds is 6. The fraction of sp³-hybridized carbons (Fsp3) is 0.292. The van der Waals surface area contributed by atoms with E-state index in [2.05, 4.69) is 15.3 Å². The monoisotopic (exact) mass is 474 g/mol. The number of carbonyl (C=O) groups excluding carboxylic acids is 1. The second-order valence-corrected chi connectivity index (χ2v) is 8.06. The summed E-state index contributed by atoms with van der Waals surface area (Å²) in [5, 5.41) is 2.66. The molecular weight excluding hydrogens is 452 g/mol. The number of amides is 1. The largest absolute Gasteiger partial charge is 0.453 e. The van der Waals surface area contributed by atoms with E-state index >= 15 is 0 Å². The number of anilines is 1. The van der Waals surface area contributed by atoms with Crippen molar-refractivity contribution in [2.75, 3.05) is 18.4 Å². The summed E-state index contributed by atoms with van der Waals surface area (Å²) in [6.07, 6.45) is 3.87. The maximum absolute atomic E-state index is 14.6. The maximum atomic E-state index is 14.6. The smallest absolute Gasteiger partial charge is 0.257 e. The number of nitrogens with one attached hydrogen (secondary N) is 1. The second kappa shape index (κ2) is 9.76. The molecule has 1 N–H and O–H groups in total. The normalized spacial score (nSPS) is 18.8. The minimum atomic E-state index is -2.88. The van der Waals surface area contributed by atoms with E-state index in [1.165, 1.54) is 30.7 Å². The van der Waals surface area contributed by atoms with Crippen LogP contribution in [0, 0.1) is 11.6 Å². The van der Waals surface area contributed by atoms with Crippen LogP contribution in [-0.4, -0.2) is 45.8 Å². The van der Waals surface area contributed by atoms with Crippen LogP contribution < -0.4 is 10.1 Å². The zero-order chi connectivity index (χ0) is 24.3. The molecule has 1 fully saturated rings. The highest BCUT2D eigenvalue weighted by molar-refractivity contribution is 5.93. The van der Waals surface area contributed by atoms with Gasteiger partial charge in [0, 0.05) is 38.0 Å². The van der Waals surface area contributed by atoms with Crippen molar-refractivity contribution < 1.29 is 27.1 Å². The number of hydrogen-bond donors (Lipinski definition) is 1. The van der Waals surface area contributed by atoms with Crippen molar-refractivity contribution in [3.8, 4) is 11.5 Å². The molecule has 3 heterocycles. The Hall–Kier alpha value is -3.53. The predicted molar refractivity (Wildman–Crippen MR) is 117 cm³/mol. The third-order valence-electron chi connectivity index (χ3n) is 5.80. The standard InChI is InChI=1S/C24H22F4N4O2/c1-15(32-11-8-24(27,28)19(14-32)16-6-9-29-10-7-16)23(33)31-22-5-3-18(13-30-22)34-21-4-2-17(25)12-20(21)26/h2-7,9-10,12-13,15,19H,8,11,14H2,1H3,(H,30,31,33)/t15-,19+/m0/s1. The van der Waals surface area contributed by atoms with Crippen molar-refractivity contribution in [3.05, 3.63) is 78.3 Å². The average molecular weight is 474 g/mol. The molecule has 1 aliphatic heterocycles. The minimum Gasteiger partial charge on any atom is -0.453 e. The van der Waals surface area contributed by atoms with Crippen LogP contribution in [0.25, 0.3) is 0 Å². The number of alkyl halides is 2. The molecule has 0 saturated carbocycles. The molecule has 0 bridgehead atoms. The van der Waals surface area contributed by atoms with Crippen molar-refractivity contribution in [3.63, 3.8) is 0 Å². The summed E-state index contributed by atoms with van der Waals surface area (Å²) >= 11 is 0. The van der Waals surface area contributed by atoms with Crippen LogP contribution in [0.15, 0.2) is 61.1 Å². The predicted octanol–water partition coefficient (Wildman–Crippen LogP) is 5.00. The first-order valence-electron chi connectivity index (χ1n) is 10.6. The fourth-order valence-electron chi connectivity index (χ4n) is 3.82. The number of likely N-dealkylation sites (tertiary alicyclic amines) is 1. The number of nitrogens with zero attached hydrogens (tertiary/aromatic N) is 3. The molecule has 2 aromatic heterocycles. The van der Waals surface area contributed by atoms with Crippen LogP contribution in [-0.2, 0) is 4.79 Å². The van der Waals surface area contributed by atoms with Gasteiger partial charge in [0.05, 0.1) is 18.2 Å². The fourth-order valence-corrected chi connectivity index (χ4v) is 3.82. The molecule has 10 heteroatoms. The van der Waals surface area contributed by atoms with Gasteiger partial charge in [0.2, 0.25) is 5.91 Å². The lowest BCUT2D eigenvalue weighted by molar-refractivity contribution is -0.125. The van der Waals surface area contributed by atoms with E-state index < -0.39 is 35.4 Å². The first kappa shape index (κ1) is 23.6. The van der Waals surface area contributed by atoms with E-state index in [9.17, 15) is 22.4 Å². The molecule has 4 rings (SSSR count). The average Bonchev–Trinajstić information content (AvgIpc) is 2.82. The topological polar surface area (TPSA) is 67.3 Å². The second-order valence-electron chi connectivity index (χ2n) is 8.06. The molecule has 178 valence electrons. The van der Waals surface area contributed by atoms with Crippen LogP contribution in [0.4, 0.5) is 23.4 Å². The van der Waals surface area contributed by atoms with E-state index in [0.717, 1.165) is 12.1 Å². The lowest BCUT2D eigenvalue weighted by Gasteiger charge is -2.40. The van der Waals surface area contributed by atoms with Crippen LogP contribution in [0.5, 0.6) is 11.5 Å². The van der Waals surface area contributed by atoms with Crippen molar-refractivity contribution >= 4 is 11.7 Å². The van der Waals surface area contributed by atoms with E-state index in [1.54, 1.807) is 24.0 Å². The highest BCUT2D eigenvalue weighted by atomic mass is 19.3. The highest BCUT2D eigenvalue weighted by Crippen LogP contribution is 2.40. The Balaban J connectivity index is 1.38. The Bertz CT molecular complexity index is 1150. The summed E-state index contributed by atoms with van der Waals surface area (Å²) in [6, 6.07) is 8.32. The van der Waals surface area contributed by atoms with Gasteiger partial charge in [-0.05, 0) is 48.9 Å². The molecule has 1 aromatic carbocycles. The summed E-state index contributed by atoms with van der Waals surface area (Å²) in [5.74, 6) is -5.66. The molecule has 0 unspecified atom stereocenters. The molecular formula is C24H22F4N4O2. The van der Waals surface area contributed by atoms with Crippen LogP contribution >= 0.6 is 0 Å². The van der Waals surface area contributed by atoms with E-state index in [4.69, 9.17) is 4.74 Å². The number of pyridine rings is 2. The molecule has 1 amide bonds. The van der Waals surface area contributed by atoms with Crippen molar-refractivity contribution in [1.29, 1.82) is 0 Å². The van der Waals surface area contributed by atoms with Gasteiger partial charge in [-0.15, -0.1) is 0 Å². The van der Waals surface area contributed by atoms with Gasteiger partial charge in [0.1, 0.15) is 17.4 Å². The lowest BCUT2D eigenvalue weighted by atomic mass is 9.87. The molecule has 1 saturated heterocycles. The molecule has 1 aliphatic rings. The molecule has 2 atom stereocenters. The molecule has 34 heavy (non-hydrogen) atoms. The van der Waals surface area contributed by atoms with Gasteiger partial charge in [-0.3, -0.25) is 14.7 Å². The quantitative estimate of drug-likeness (QED) is 0.510. The van der Waals surface area contributed by atoms with Crippen LogP contribution in [0.2, 0.25) is 0 Å². The SMILES string of the molecule is C[C@@H](C(=O)Nc1ccc(Oc2ccc(F)cc2F)cn1)N1CCC(F)(F)[C@@H](c2ccncc2)C1. The van der Waals surface area contributed by atoms with Crippen LogP contribution in [0.1, 0.15) is 24.8 Å². The number of halogens is 4. The summed E-state index contributed by atoms with van der Waals surface area (Å²) in [7, 11) is 0. The summed E-state index contributed by atoms with van der Waals surface area (Å²) in [5.41, 5.74) is 0.479. The van der Waals surface area contributed by atoms with Crippen LogP contribution in [0.3, 0.4) is 0 Å². The Morgan fingerprint density at radius 1 is 1.18 bits per heavy atom. The first-order chi connectivity index (χ1) is 16.2. The van der Waals surface area contributed by atoms with Gasteiger partial charge in [0.15, 0.2) is 11.6 Å². The molecule has 3 aromatic rings. The summed E-state index contributed by atoms with van der Waals surface area (Å²) in [6.45, 7) is 1.75. The molecule has 0 spiro atoms. The highest BCUT2D eigenvalue weighted by Gasteiger charge is 2.46. The van der Waals surface area contributed by atoms with Gasteiger partial charge < -0.3 is 10.1 Å². The van der Waals surface area contributed by atoms with Gasteiger partial charge >= 0.3 is 0 Å². The Morgan fingerprint density at radius 3 is 2.62 bits per heavy atom. The van der Waals surface area contributed by atoms with Gasteiger partial charge in [-0.1, -0.05) is 0 Å². The Morgan fingerprint density at radius 2 is 1.94 bits per heavy atom. The van der Waals surface area contributed by atoms with E-state index in [-0.39, 0.29) is 36.8 Å². The lowest BCUT2D eigenvalue weighted by Crippen LogP contribution is -2.52. The van der Waals surface area contributed by atoms with E-state index in [1.807, 2.05) is 0 Å². The zero-order valence-corrected chi connectivity index (χ0v) is 18.2. The summed E-state index contributed by atoms with van der Waals surface area (Å²) in [4.78, 5) is 22.4. The van der Waals surface area contributed by atoms with Crippen molar-refractivity contribution in [2.24, 2.45) is 0 Å². The number of benzene rings is 1. The number of aromatic nitrogens is 2. The Labute approximate surface area is 193 Å². The molecule has 0 radical (unpaired) electrons. The number of carbonyl (C=O) groups is 1. The zero-order valence-electron chi connectivity index (χ0n) is 18.2. The first-order valence-corrected chi connectivity index (χ1v) is 10.6. The molecule has 6 nitrogen and oxygen atoms in total. The number of hydrogen-bond acceptors (Lipinski definition) is 5. The van der Waals surface area contributed by atoms with Gasteiger partial charge in [0.25, 0.3) is 5.92 Å². The van der Waals surface area contributed by atoms with Gasteiger partial charge in [-0.2, -0.15) is 0 Å². The third-order valence-corrected chi connectivity index (χ3v) is 5.80. The number of ether oxygens (including phenoxy) is 1. The Kier molecular flexibility index (Phi) is 6.78. The number of piperidine rings is 1. The summed E-state index contributed by atoms with van der Waals surface area (Å²) < 4.78 is 61.2.